The van der Waals surface area contributed by atoms with Crippen molar-refractivity contribution in [3.63, 3.8) is 0 Å². The number of anilines is 8. The maximum Gasteiger partial charge on any atom is 0.232 e. The van der Waals surface area contributed by atoms with Crippen molar-refractivity contribution in [2.75, 3.05) is 57.2 Å². The first-order valence-corrected chi connectivity index (χ1v) is 20.0. The summed E-state index contributed by atoms with van der Waals surface area (Å²) in [6.45, 7) is 7.75. The lowest BCUT2D eigenvalue weighted by atomic mass is 10.1. The molecular formula is C43H42ClFN12O4. The van der Waals surface area contributed by atoms with Gasteiger partial charge < -0.3 is 40.5 Å². The van der Waals surface area contributed by atoms with E-state index in [9.17, 15) is 14.0 Å². The quantitative estimate of drug-likeness (QED) is 0.0817. The van der Waals surface area contributed by atoms with E-state index in [1.54, 1.807) is 49.4 Å². The molecule has 0 aliphatic carbocycles. The number of rotatable bonds is 15. The van der Waals surface area contributed by atoms with Gasteiger partial charge in [0.15, 0.2) is 0 Å². The van der Waals surface area contributed by atoms with Gasteiger partial charge in [0.2, 0.25) is 35.6 Å². The minimum absolute atomic E-state index is 0.00198. The van der Waals surface area contributed by atoms with Gasteiger partial charge in [0.05, 0.1) is 26.2 Å². The zero-order chi connectivity index (χ0) is 42.5. The van der Waals surface area contributed by atoms with E-state index >= 15 is 0 Å². The van der Waals surface area contributed by atoms with Crippen molar-refractivity contribution in [2.24, 2.45) is 0 Å². The van der Waals surface area contributed by atoms with E-state index in [2.05, 4.69) is 51.2 Å². The third kappa shape index (κ3) is 10.0. The minimum atomic E-state index is -0.316. The summed E-state index contributed by atoms with van der Waals surface area (Å²) in [4.78, 5) is 56.3. The lowest BCUT2D eigenvalue weighted by molar-refractivity contribution is -0.121. The lowest BCUT2D eigenvalue weighted by Crippen LogP contribution is -2.54. The highest BCUT2D eigenvalue weighted by atomic mass is 35.5. The van der Waals surface area contributed by atoms with Gasteiger partial charge in [-0.2, -0.15) is 9.97 Å². The van der Waals surface area contributed by atoms with Crippen molar-refractivity contribution in [3.05, 3.63) is 119 Å². The highest BCUT2D eigenvalue weighted by Crippen LogP contribution is 2.30. The number of hydrogen-bond donors (Lipinski definition) is 4. The molecule has 0 saturated carbocycles. The second-order valence-corrected chi connectivity index (χ2v) is 15.1. The predicted octanol–water partition coefficient (Wildman–Crippen LogP) is 7.15. The summed E-state index contributed by atoms with van der Waals surface area (Å²) in [5, 5.41) is 12.9. The minimum Gasteiger partial charge on any atom is -0.487 e. The SMILES string of the molecule is Cc1ccc(OC2CN(c3ncnc(Nc4cccc(NC(=O)CCC(=O)Nc5cccc(Nc6ncnc(N7CC(Oc8ccc(Cl)cc8)C7)n6)c5C)c4C)n3)C2)cc1F. The number of aryl methyl sites for hydroxylation is 1. The van der Waals surface area contributed by atoms with Gasteiger partial charge in [-0.05, 0) is 92.1 Å². The van der Waals surface area contributed by atoms with Gasteiger partial charge in [-0.25, -0.2) is 24.3 Å². The van der Waals surface area contributed by atoms with Gasteiger partial charge in [0.1, 0.15) is 42.2 Å². The number of carbonyl (C=O) groups excluding carboxylic acids is 2. The van der Waals surface area contributed by atoms with Crippen LogP contribution in [-0.2, 0) is 9.59 Å². The average molecular weight is 845 g/mol. The number of halogens is 2. The fourth-order valence-electron chi connectivity index (χ4n) is 6.60. The molecule has 6 aromatic rings. The first kappa shape index (κ1) is 40.6. The van der Waals surface area contributed by atoms with Crippen LogP contribution in [0.5, 0.6) is 11.5 Å². The van der Waals surface area contributed by atoms with E-state index in [0.717, 1.165) is 16.9 Å². The Bertz CT molecular complexity index is 2560. The van der Waals surface area contributed by atoms with E-state index in [0.29, 0.717) is 89.1 Å². The molecule has 16 nitrogen and oxygen atoms in total. The van der Waals surface area contributed by atoms with Crippen LogP contribution < -0.4 is 40.5 Å². The number of amides is 2. The molecule has 2 fully saturated rings. The summed E-state index contributed by atoms with van der Waals surface area (Å²) >= 11 is 5.97. The molecule has 312 valence electrons. The molecule has 2 amide bonds. The maximum absolute atomic E-state index is 13.9. The third-order valence-electron chi connectivity index (χ3n) is 10.2. The van der Waals surface area contributed by atoms with E-state index in [1.807, 2.05) is 54.0 Å². The molecule has 2 aliphatic rings. The highest BCUT2D eigenvalue weighted by Gasteiger charge is 2.32. The van der Waals surface area contributed by atoms with E-state index in [4.69, 9.17) is 21.1 Å². The van der Waals surface area contributed by atoms with Crippen molar-refractivity contribution in [2.45, 2.75) is 45.8 Å². The monoisotopic (exact) mass is 844 g/mol. The van der Waals surface area contributed by atoms with Crippen LogP contribution >= 0.6 is 11.6 Å². The first-order chi connectivity index (χ1) is 29.5. The number of carbonyl (C=O) groups is 2. The molecule has 18 heteroatoms. The van der Waals surface area contributed by atoms with E-state index in [1.165, 1.54) is 18.7 Å². The van der Waals surface area contributed by atoms with Crippen molar-refractivity contribution in [1.29, 1.82) is 0 Å². The van der Waals surface area contributed by atoms with Crippen LogP contribution in [0.15, 0.2) is 91.5 Å². The number of nitrogens with one attached hydrogen (secondary N) is 4. The Morgan fingerprint density at radius 3 is 1.61 bits per heavy atom. The molecule has 4 aromatic carbocycles. The number of benzene rings is 4. The molecule has 0 unspecified atom stereocenters. The van der Waals surface area contributed by atoms with Crippen LogP contribution in [0, 0.1) is 26.6 Å². The Hall–Kier alpha value is -7.14. The molecule has 61 heavy (non-hydrogen) atoms. The maximum atomic E-state index is 13.9. The normalized spacial score (nSPS) is 13.8. The molecule has 2 saturated heterocycles. The summed E-state index contributed by atoms with van der Waals surface area (Å²) in [5.74, 6) is 1.97. The summed E-state index contributed by atoms with van der Waals surface area (Å²) in [5.41, 5.74) is 4.65. The standard InChI is InChI=1S/C43H42ClFN12O4/c1-25-10-13-30(18-33(25)45)61-32-21-57(22-32)43-49-24-47-41(55-43)53-37-9-5-7-35(27(37)3)51-39(59)17-16-38(58)50-34-6-4-8-36(26(34)2)52-40-46-23-48-42(54-40)56-19-31(20-56)60-29-14-11-28(44)12-15-29/h4-15,18,23-24,31-32H,16-17,19-22H2,1-3H3,(H,50,58)(H,51,59)(H,46,48,52,54)(H,47,49,53,55). The molecule has 2 aliphatic heterocycles. The van der Waals surface area contributed by atoms with Crippen molar-refractivity contribution in [3.8, 4) is 11.5 Å². The molecule has 0 radical (unpaired) electrons. The summed E-state index contributed by atoms with van der Waals surface area (Å²) in [7, 11) is 0. The first-order valence-electron chi connectivity index (χ1n) is 19.6. The molecule has 4 N–H and O–H groups in total. The Labute approximate surface area is 356 Å². The number of nitrogens with zero attached hydrogens (tertiary/aromatic N) is 8. The topological polar surface area (TPSA) is 185 Å². The van der Waals surface area contributed by atoms with Crippen molar-refractivity contribution >= 4 is 70.0 Å². The summed E-state index contributed by atoms with van der Waals surface area (Å²) in [6.07, 6.45) is 2.67. The third-order valence-corrected chi connectivity index (χ3v) is 10.5. The van der Waals surface area contributed by atoms with E-state index in [-0.39, 0.29) is 42.7 Å². The Morgan fingerprint density at radius 2 is 1.11 bits per heavy atom. The van der Waals surface area contributed by atoms with Crippen LogP contribution in [0.25, 0.3) is 0 Å². The Balaban J connectivity index is 0.796. The highest BCUT2D eigenvalue weighted by molar-refractivity contribution is 6.30. The molecule has 2 aromatic heterocycles. The van der Waals surface area contributed by atoms with Crippen molar-refractivity contribution < 1.29 is 23.5 Å². The average Bonchev–Trinajstić information content (AvgIpc) is 3.22. The number of aromatic nitrogens is 6. The van der Waals surface area contributed by atoms with Gasteiger partial charge in [0, 0.05) is 46.7 Å². The van der Waals surface area contributed by atoms with Gasteiger partial charge in [-0.15, -0.1) is 0 Å². The number of ether oxygens (including phenoxy) is 2. The lowest BCUT2D eigenvalue weighted by Gasteiger charge is -2.38. The summed E-state index contributed by atoms with van der Waals surface area (Å²) < 4.78 is 25.8. The summed E-state index contributed by atoms with van der Waals surface area (Å²) in [6, 6.07) is 23.0. The van der Waals surface area contributed by atoms with Gasteiger partial charge in [-0.3, -0.25) is 9.59 Å². The van der Waals surface area contributed by atoms with Crippen LogP contribution in [0.2, 0.25) is 5.02 Å². The fourth-order valence-corrected chi connectivity index (χ4v) is 6.73. The second-order valence-electron chi connectivity index (χ2n) is 14.7. The van der Waals surface area contributed by atoms with Crippen LogP contribution in [0.3, 0.4) is 0 Å². The van der Waals surface area contributed by atoms with Crippen LogP contribution in [0.1, 0.15) is 29.5 Å². The van der Waals surface area contributed by atoms with Gasteiger partial charge in [0.25, 0.3) is 0 Å². The molecule has 4 heterocycles. The van der Waals surface area contributed by atoms with Gasteiger partial charge >= 0.3 is 0 Å². The molecule has 0 atom stereocenters. The van der Waals surface area contributed by atoms with Gasteiger partial charge in [-0.1, -0.05) is 29.8 Å². The molecule has 0 bridgehead atoms. The second kappa shape index (κ2) is 18.0. The molecule has 0 spiro atoms. The fraction of sp³-hybridized carbons (Fsp3) is 0.256. The number of hydrogen-bond acceptors (Lipinski definition) is 14. The molecule has 8 rings (SSSR count). The zero-order valence-corrected chi connectivity index (χ0v) is 34.3. The predicted molar refractivity (Wildman–Crippen MR) is 231 cm³/mol. The van der Waals surface area contributed by atoms with Crippen LogP contribution in [-0.4, -0.2) is 80.1 Å². The zero-order valence-electron chi connectivity index (χ0n) is 33.5. The smallest absolute Gasteiger partial charge is 0.232 e. The Kier molecular flexibility index (Phi) is 12.0. The Morgan fingerprint density at radius 1 is 0.656 bits per heavy atom. The van der Waals surface area contributed by atoms with E-state index < -0.39 is 0 Å². The van der Waals surface area contributed by atoms with Crippen molar-refractivity contribution in [1.82, 2.24) is 29.9 Å². The largest absolute Gasteiger partial charge is 0.487 e. The van der Waals surface area contributed by atoms with Crippen LogP contribution in [0.4, 0.5) is 50.9 Å². The molecular weight excluding hydrogens is 803 g/mol.